The number of carbonyl (C=O) groups is 2. The second-order valence-corrected chi connectivity index (χ2v) is 6.54. The van der Waals surface area contributed by atoms with Crippen molar-refractivity contribution < 1.29 is 14.3 Å². The van der Waals surface area contributed by atoms with Crippen LogP contribution in [0.4, 0.5) is 0 Å². The van der Waals surface area contributed by atoms with E-state index in [0.717, 1.165) is 5.56 Å². The lowest BCUT2D eigenvalue weighted by Crippen LogP contribution is -2.53. The number of esters is 1. The predicted octanol–water partition coefficient (Wildman–Crippen LogP) is 3.24. The summed E-state index contributed by atoms with van der Waals surface area (Å²) in [6, 6.07) is 7.09. The summed E-state index contributed by atoms with van der Waals surface area (Å²) in [4.78, 5) is 24.5. The molecule has 21 heavy (non-hydrogen) atoms. The molecule has 0 aromatic heterocycles. The van der Waals surface area contributed by atoms with Gasteiger partial charge in [0.2, 0.25) is 0 Å². The van der Waals surface area contributed by atoms with E-state index >= 15 is 0 Å². The molecule has 1 atom stereocenters. The molecule has 1 amide bonds. The third-order valence-corrected chi connectivity index (χ3v) is 3.25. The fourth-order valence-electron chi connectivity index (χ4n) is 1.71. The van der Waals surface area contributed by atoms with E-state index in [9.17, 15) is 9.59 Å². The largest absolute Gasteiger partial charge is 0.446 e. The highest BCUT2D eigenvalue weighted by atomic mass is 16.6. The maximum atomic E-state index is 12.3. The van der Waals surface area contributed by atoms with Crippen molar-refractivity contribution in [3.8, 4) is 0 Å². The Morgan fingerprint density at radius 2 is 1.62 bits per heavy atom. The summed E-state index contributed by atoms with van der Waals surface area (Å²) in [6.45, 7) is 11.1. The highest BCUT2D eigenvalue weighted by Gasteiger charge is 2.37. The van der Waals surface area contributed by atoms with Crippen molar-refractivity contribution in [3.63, 3.8) is 0 Å². The molecule has 0 heterocycles. The molecule has 0 radical (unpaired) electrons. The van der Waals surface area contributed by atoms with Gasteiger partial charge in [-0.2, -0.15) is 0 Å². The molecule has 0 saturated carbocycles. The number of benzene rings is 1. The van der Waals surface area contributed by atoms with Crippen molar-refractivity contribution in [2.45, 2.75) is 59.1 Å². The second kappa shape index (κ2) is 6.29. The number of hydrogen-bond acceptors (Lipinski definition) is 3. The molecule has 0 aliphatic rings. The third-order valence-electron chi connectivity index (χ3n) is 3.25. The number of amides is 1. The maximum absolute atomic E-state index is 12.3. The number of rotatable bonds is 4. The third kappa shape index (κ3) is 4.88. The van der Waals surface area contributed by atoms with Crippen LogP contribution >= 0.6 is 0 Å². The van der Waals surface area contributed by atoms with Gasteiger partial charge in [-0.1, -0.05) is 24.6 Å². The van der Waals surface area contributed by atoms with Crippen LogP contribution in [0.3, 0.4) is 0 Å². The van der Waals surface area contributed by atoms with Crippen molar-refractivity contribution in [3.05, 3.63) is 35.4 Å². The molecule has 1 aromatic rings. The fourth-order valence-corrected chi connectivity index (χ4v) is 1.71. The smallest absolute Gasteiger partial charge is 0.339 e. The molecule has 1 rings (SSSR count). The minimum Gasteiger partial charge on any atom is -0.446 e. The van der Waals surface area contributed by atoms with Crippen LogP contribution in [0.15, 0.2) is 24.3 Å². The van der Waals surface area contributed by atoms with E-state index in [0.29, 0.717) is 12.0 Å². The van der Waals surface area contributed by atoms with Crippen molar-refractivity contribution in [2.75, 3.05) is 0 Å². The summed E-state index contributed by atoms with van der Waals surface area (Å²) < 4.78 is 5.47. The van der Waals surface area contributed by atoms with E-state index in [2.05, 4.69) is 5.32 Å². The minimum absolute atomic E-state index is 0.280. The zero-order valence-electron chi connectivity index (χ0n) is 13.7. The summed E-state index contributed by atoms with van der Waals surface area (Å²) in [5.41, 5.74) is -0.0296. The van der Waals surface area contributed by atoms with E-state index in [1.54, 1.807) is 19.1 Å². The van der Waals surface area contributed by atoms with Gasteiger partial charge in [-0.3, -0.25) is 4.79 Å². The number of aryl methyl sites for hydroxylation is 1. The van der Waals surface area contributed by atoms with E-state index in [1.165, 1.54) is 0 Å². The number of carbonyl (C=O) groups excluding carboxylic acids is 2. The van der Waals surface area contributed by atoms with Crippen LogP contribution < -0.4 is 5.32 Å². The number of ether oxygens (including phenoxy) is 1. The van der Waals surface area contributed by atoms with Crippen LogP contribution in [0.2, 0.25) is 0 Å². The van der Waals surface area contributed by atoms with E-state index in [4.69, 9.17) is 4.74 Å². The molecule has 0 aliphatic carbocycles. The molecule has 116 valence electrons. The Labute approximate surface area is 126 Å². The monoisotopic (exact) mass is 291 g/mol. The van der Waals surface area contributed by atoms with Crippen LogP contribution in [0.1, 0.15) is 57.0 Å². The Morgan fingerprint density at radius 3 is 2.05 bits per heavy atom. The van der Waals surface area contributed by atoms with Crippen LogP contribution in [0.25, 0.3) is 0 Å². The lowest BCUT2D eigenvalue weighted by Gasteiger charge is -2.31. The van der Waals surface area contributed by atoms with Gasteiger partial charge in [0.1, 0.15) is 0 Å². The molecule has 1 unspecified atom stereocenters. The normalized spacial score (nSPS) is 14.2. The highest BCUT2D eigenvalue weighted by Crippen LogP contribution is 2.20. The van der Waals surface area contributed by atoms with Gasteiger partial charge >= 0.3 is 5.97 Å². The Balaban J connectivity index is 2.87. The standard InChI is InChI=1S/C17H25NO3/c1-7-17(6,15(20)18-16(3,4)5)21-14(19)13-10-8-12(2)9-11-13/h8-11H,7H2,1-6H3,(H,18,20). The van der Waals surface area contributed by atoms with Gasteiger partial charge in [-0.25, -0.2) is 4.79 Å². The Bertz CT molecular complexity index is 514. The van der Waals surface area contributed by atoms with Crippen LogP contribution in [0, 0.1) is 6.92 Å². The van der Waals surface area contributed by atoms with Gasteiger partial charge in [-0.15, -0.1) is 0 Å². The lowest BCUT2D eigenvalue weighted by atomic mass is 9.99. The minimum atomic E-state index is -1.17. The molecule has 0 fully saturated rings. The van der Waals surface area contributed by atoms with Crippen LogP contribution in [-0.4, -0.2) is 23.0 Å². The molecule has 4 heteroatoms. The Morgan fingerprint density at radius 1 is 1.10 bits per heavy atom. The van der Waals surface area contributed by atoms with Gasteiger partial charge in [0.15, 0.2) is 5.60 Å². The van der Waals surface area contributed by atoms with Gasteiger partial charge < -0.3 is 10.1 Å². The van der Waals surface area contributed by atoms with Crippen molar-refractivity contribution in [1.82, 2.24) is 5.32 Å². The summed E-state index contributed by atoms with van der Waals surface area (Å²) in [5.74, 6) is -0.763. The number of nitrogens with one attached hydrogen (secondary N) is 1. The predicted molar refractivity (Wildman–Crippen MR) is 83.2 cm³/mol. The quantitative estimate of drug-likeness (QED) is 0.866. The Hall–Kier alpha value is -1.84. The molecule has 0 bridgehead atoms. The van der Waals surface area contributed by atoms with E-state index in [1.807, 2.05) is 46.8 Å². The lowest BCUT2D eigenvalue weighted by molar-refractivity contribution is -0.141. The Kier molecular flexibility index (Phi) is 5.15. The maximum Gasteiger partial charge on any atom is 0.339 e. The van der Waals surface area contributed by atoms with Crippen LogP contribution in [0.5, 0.6) is 0 Å². The molecule has 0 spiro atoms. The fraction of sp³-hybridized carbons (Fsp3) is 0.529. The number of hydrogen-bond donors (Lipinski definition) is 1. The summed E-state index contributed by atoms with van der Waals surface area (Å²) in [6.07, 6.45) is 0.409. The average Bonchev–Trinajstić information content (AvgIpc) is 2.37. The van der Waals surface area contributed by atoms with Crippen LogP contribution in [-0.2, 0) is 9.53 Å². The van der Waals surface area contributed by atoms with Gasteiger partial charge in [0, 0.05) is 5.54 Å². The average molecular weight is 291 g/mol. The molecule has 1 aromatic carbocycles. The summed E-state index contributed by atoms with van der Waals surface area (Å²) >= 11 is 0. The molecular weight excluding hydrogens is 266 g/mol. The molecule has 1 N–H and O–H groups in total. The summed E-state index contributed by atoms with van der Waals surface area (Å²) in [5, 5.41) is 2.86. The first-order valence-corrected chi connectivity index (χ1v) is 7.20. The second-order valence-electron chi connectivity index (χ2n) is 6.54. The molecule has 0 aliphatic heterocycles. The zero-order valence-corrected chi connectivity index (χ0v) is 13.7. The molecule has 0 saturated heterocycles. The zero-order chi connectivity index (χ0) is 16.3. The van der Waals surface area contributed by atoms with Gasteiger partial charge in [0.25, 0.3) is 5.91 Å². The van der Waals surface area contributed by atoms with Crippen molar-refractivity contribution >= 4 is 11.9 Å². The van der Waals surface area contributed by atoms with E-state index < -0.39 is 11.6 Å². The van der Waals surface area contributed by atoms with Gasteiger partial charge in [-0.05, 0) is 53.2 Å². The molecular formula is C17H25NO3. The topological polar surface area (TPSA) is 55.4 Å². The van der Waals surface area contributed by atoms with Crippen molar-refractivity contribution in [2.24, 2.45) is 0 Å². The first kappa shape index (κ1) is 17.2. The highest BCUT2D eigenvalue weighted by molar-refractivity contribution is 5.94. The first-order chi connectivity index (χ1) is 9.57. The first-order valence-electron chi connectivity index (χ1n) is 7.20. The summed E-state index contributed by atoms with van der Waals surface area (Å²) in [7, 11) is 0. The van der Waals surface area contributed by atoms with Crippen molar-refractivity contribution in [1.29, 1.82) is 0 Å². The SMILES string of the molecule is CCC(C)(OC(=O)c1ccc(C)cc1)C(=O)NC(C)(C)C. The molecule has 4 nitrogen and oxygen atoms in total. The van der Waals surface area contributed by atoms with E-state index in [-0.39, 0.29) is 11.4 Å². The van der Waals surface area contributed by atoms with Gasteiger partial charge in [0.05, 0.1) is 5.56 Å².